The second-order valence-corrected chi connectivity index (χ2v) is 7.49. The van der Waals surface area contributed by atoms with Gasteiger partial charge in [-0.1, -0.05) is 35.9 Å². The maximum atomic E-state index is 6.09. The lowest BCUT2D eigenvalue weighted by atomic mass is 10.1. The van der Waals surface area contributed by atoms with Crippen molar-refractivity contribution in [2.45, 2.75) is 13.0 Å². The van der Waals surface area contributed by atoms with Gasteiger partial charge in [-0.15, -0.1) is 0 Å². The van der Waals surface area contributed by atoms with E-state index in [1.54, 1.807) is 7.11 Å². The van der Waals surface area contributed by atoms with Crippen LogP contribution in [-0.2, 0) is 13.0 Å². The molecule has 0 aliphatic carbocycles. The van der Waals surface area contributed by atoms with Crippen LogP contribution in [0.15, 0.2) is 72.8 Å². The van der Waals surface area contributed by atoms with E-state index in [0.29, 0.717) is 10.7 Å². The van der Waals surface area contributed by atoms with Gasteiger partial charge in [0.15, 0.2) is 11.3 Å². The molecule has 0 bridgehead atoms. The summed E-state index contributed by atoms with van der Waals surface area (Å²) in [4.78, 5) is 14.4. The van der Waals surface area contributed by atoms with Crippen LogP contribution in [0.4, 0.5) is 0 Å². The predicted octanol–water partition coefficient (Wildman–Crippen LogP) is 5.55. The Hall–Kier alpha value is -3.44. The van der Waals surface area contributed by atoms with Crippen molar-refractivity contribution in [2.75, 3.05) is 7.11 Å². The Morgan fingerprint density at radius 1 is 0.833 bits per heavy atom. The van der Waals surface area contributed by atoms with Gasteiger partial charge in [-0.3, -0.25) is 0 Å². The minimum atomic E-state index is 0.647. The summed E-state index contributed by atoms with van der Waals surface area (Å²) in [5.74, 6) is 1.69. The van der Waals surface area contributed by atoms with E-state index in [1.165, 1.54) is 5.56 Å². The number of methoxy groups -OCH3 is 1. The van der Waals surface area contributed by atoms with Gasteiger partial charge >= 0.3 is 0 Å². The van der Waals surface area contributed by atoms with Crippen LogP contribution in [0.2, 0.25) is 5.02 Å². The number of aromatic nitrogens is 4. The van der Waals surface area contributed by atoms with Crippen molar-refractivity contribution in [1.82, 2.24) is 19.5 Å². The average Bonchev–Trinajstić information content (AvgIpc) is 3.14. The zero-order chi connectivity index (χ0) is 20.5. The third kappa shape index (κ3) is 3.48. The number of rotatable bonds is 5. The number of para-hydroxylation sites is 2. The molecule has 6 heteroatoms. The summed E-state index contributed by atoms with van der Waals surface area (Å²) in [6, 6.07) is 23.7. The monoisotopic (exact) mass is 414 g/mol. The number of hydrogen-bond acceptors (Lipinski definition) is 4. The van der Waals surface area contributed by atoms with E-state index in [2.05, 4.69) is 16.7 Å². The number of imidazole rings is 1. The van der Waals surface area contributed by atoms with E-state index in [1.807, 2.05) is 60.7 Å². The molecular weight excluding hydrogens is 396 g/mol. The largest absolute Gasteiger partial charge is 0.497 e. The molecule has 0 saturated carbocycles. The standard InChI is InChI=1S/C24H19ClN4O/c1-30-19-12-6-16(7-13-19)14-15-29-23(17-8-10-18(25)11-9-17)28-22-24(29)27-21-5-3-2-4-20(21)26-22/h2-13H,14-15H2,1H3. The highest BCUT2D eigenvalue weighted by Gasteiger charge is 2.16. The first-order chi connectivity index (χ1) is 14.7. The molecule has 0 aliphatic heterocycles. The van der Waals surface area contributed by atoms with E-state index in [4.69, 9.17) is 31.3 Å². The fraction of sp³-hybridized carbons (Fsp3) is 0.125. The summed E-state index contributed by atoms with van der Waals surface area (Å²) in [5.41, 5.74) is 5.33. The highest BCUT2D eigenvalue weighted by atomic mass is 35.5. The van der Waals surface area contributed by atoms with Crippen LogP contribution in [-0.4, -0.2) is 26.6 Å². The summed E-state index contributed by atoms with van der Waals surface area (Å²) in [6.45, 7) is 0.730. The molecule has 148 valence electrons. The van der Waals surface area contributed by atoms with Crippen LogP contribution in [0.3, 0.4) is 0 Å². The Labute approximate surface area is 178 Å². The van der Waals surface area contributed by atoms with Crippen molar-refractivity contribution in [3.05, 3.63) is 83.4 Å². The van der Waals surface area contributed by atoms with Crippen LogP contribution < -0.4 is 4.74 Å². The lowest BCUT2D eigenvalue weighted by Gasteiger charge is -2.10. The highest BCUT2D eigenvalue weighted by molar-refractivity contribution is 6.30. The quantitative estimate of drug-likeness (QED) is 0.378. The van der Waals surface area contributed by atoms with Gasteiger partial charge in [0.05, 0.1) is 18.1 Å². The first kappa shape index (κ1) is 18.6. The molecule has 3 aromatic carbocycles. The van der Waals surface area contributed by atoms with E-state index in [0.717, 1.165) is 46.8 Å². The highest BCUT2D eigenvalue weighted by Crippen LogP contribution is 2.26. The molecule has 0 spiro atoms. The molecule has 2 heterocycles. The number of ether oxygens (including phenoxy) is 1. The minimum absolute atomic E-state index is 0.647. The molecule has 0 N–H and O–H groups in total. The van der Waals surface area contributed by atoms with Crippen LogP contribution in [0.25, 0.3) is 33.7 Å². The molecule has 2 aromatic heterocycles. The second kappa shape index (κ2) is 7.76. The van der Waals surface area contributed by atoms with E-state index >= 15 is 0 Å². The van der Waals surface area contributed by atoms with Gasteiger partial charge in [-0.05, 0) is 60.5 Å². The Morgan fingerprint density at radius 3 is 2.23 bits per heavy atom. The SMILES string of the molecule is COc1ccc(CCn2c(-c3ccc(Cl)cc3)nc3nc4ccccc4nc32)cc1. The Balaban J connectivity index is 1.61. The van der Waals surface area contributed by atoms with Gasteiger partial charge in [0, 0.05) is 17.1 Å². The van der Waals surface area contributed by atoms with Gasteiger partial charge in [0.25, 0.3) is 0 Å². The maximum absolute atomic E-state index is 6.09. The van der Waals surface area contributed by atoms with Crippen LogP contribution in [0.5, 0.6) is 5.75 Å². The smallest absolute Gasteiger partial charge is 0.198 e. The minimum Gasteiger partial charge on any atom is -0.497 e. The van der Waals surface area contributed by atoms with E-state index in [-0.39, 0.29) is 0 Å². The molecule has 0 unspecified atom stereocenters. The number of hydrogen-bond donors (Lipinski definition) is 0. The predicted molar refractivity (Wildman–Crippen MR) is 120 cm³/mol. The first-order valence-electron chi connectivity index (χ1n) is 9.73. The Kier molecular flexibility index (Phi) is 4.81. The van der Waals surface area contributed by atoms with E-state index in [9.17, 15) is 0 Å². The average molecular weight is 415 g/mol. The molecule has 0 saturated heterocycles. The lowest BCUT2D eigenvalue weighted by molar-refractivity contribution is 0.414. The second-order valence-electron chi connectivity index (χ2n) is 7.05. The van der Waals surface area contributed by atoms with Gasteiger partial charge < -0.3 is 9.30 Å². The molecule has 0 radical (unpaired) electrons. The molecule has 5 aromatic rings. The third-order valence-corrected chi connectivity index (χ3v) is 5.40. The third-order valence-electron chi connectivity index (χ3n) is 5.14. The summed E-state index contributed by atoms with van der Waals surface area (Å²) in [6.07, 6.45) is 0.838. The van der Waals surface area contributed by atoms with Crippen molar-refractivity contribution >= 4 is 33.9 Å². The molecule has 5 rings (SSSR count). The normalized spacial score (nSPS) is 11.3. The summed E-state index contributed by atoms with van der Waals surface area (Å²) >= 11 is 6.09. The lowest BCUT2D eigenvalue weighted by Crippen LogP contribution is -2.05. The summed E-state index contributed by atoms with van der Waals surface area (Å²) < 4.78 is 7.40. The zero-order valence-electron chi connectivity index (χ0n) is 16.4. The summed E-state index contributed by atoms with van der Waals surface area (Å²) in [5, 5.41) is 0.696. The van der Waals surface area contributed by atoms with Crippen LogP contribution in [0.1, 0.15) is 5.56 Å². The topological polar surface area (TPSA) is 52.8 Å². The first-order valence-corrected chi connectivity index (χ1v) is 10.1. The molecule has 0 amide bonds. The van der Waals surface area contributed by atoms with Crippen molar-refractivity contribution < 1.29 is 4.74 Å². The van der Waals surface area contributed by atoms with Gasteiger partial charge in [-0.25, -0.2) is 15.0 Å². The molecule has 5 nitrogen and oxygen atoms in total. The number of halogens is 1. The molecule has 30 heavy (non-hydrogen) atoms. The Morgan fingerprint density at radius 2 is 1.53 bits per heavy atom. The van der Waals surface area contributed by atoms with Crippen molar-refractivity contribution in [3.8, 4) is 17.1 Å². The molecule has 0 fully saturated rings. The molecular formula is C24H19ClN4O. The zero-order valence-corrected chi connectivity index (χ0v) is 17.2. The fourth-order valence-corrected chi connectivity index (χ4v) is 3.69. The summed E-state index contributed by atoms with van der Waals surface area (Å²) in [7, 11) is 1.67. The van der Waals surface area contributed by atoms with Gasteiger partial charge in [-0.2, -0.15) is 0 Å². The maximum Gasteiger partial charge on any atom is 0.198 e. The van der Waals surface area contributed by atoms with Crippen LogP contribution >= 0.6 is 11.6 Å². The van der Waals surface area contributed by atoms with Crippen molar-refractivity contribution in [3.63, 3.8) is 0 Å². The van der Waals surface area contributed by atoms with Gasteiger partial charge in [0.1, 0.15) is 11.6 Å². The number of fused-ring (bicyclic) bond motifs is 2. The number of aryl methyl sites for hydroxylation is 2. The van der Waals surface area contributed by atoms with Gasteiger partial charge in [0.2, 0.25) is 0 Å². The molecule has 0 aliphatic rings. The number of benzene rings is 3. The van der Waals surface area contributed by atoms with E-state index < -0.39 is 0 Å². The van der Waals surface area contributed by atoms with Crippen molar-refractivity contribution in [2.24, 2.45) is 0 Å². The number of nitrogens with zero attached hydrogens (tertiary/aromatic N) is 4. The van der Waals surface area contributed by atoms with Crippen LogP contribution in [0, 0.1) is 0 Å². The van der Waals surface area contributed by atoms with Crippen molar-refractivity contribution in [1.29, 1.82) is 0 Å². The Bertz CT molecular complexity index is 1330. The fourth-order valence-electron chi connectivity index (χ4n) is 3.56. The molecule has 0 atom stereocenters.